The van der Waals surface area contributed by atoms with Crippen LogP contribution in [0, 0.1) is 0 Å². The van der Waals surface area contributed by atoms with E-state index in [1.165, 1.54) is 25.1 Å². The normalized spacial score (nSPS) is 21.1. The van der Waals surface area contributed by atoms with E-state index in [-0.39, 0.29) is 41.6 Å². The number of halogens is 1. The van der Waals surface area contributed by atoms with Crippen molar-refractivity contribution in [3.05, 3.63) is 52.5 Å². The average molecular weight is 544 g/mol. The number of aliphatic hydroxyl groups is 1. The zero-order valence-electron chi connectivity index (χ0n) is 21.5. The molecule has 0 radical (unpaired) electrons. The summed E-state index contributed by atoms with van der Waals surface area (Å²) in [5.41, 5.74) is 1.25. The summed E-state index contributed by atoms with van der Waals surface area (Å²) in [5, 5.41) is 24.3. The van der Waals surface area contributed by atoms with Gasteiger partial charge in [0.15, 0.2) is 0 Å². The number of hydrogen-bond donors (Lipinski definition) is 3. The number of phenolic OH excluding ortho intramolecular Hbond substituents is 1. The molecule has 3 N–H and O–H groups in total. The largest absolute Gasteiger partial charge is 0.508 e. The number of β-amino-alcohol motifs (C(OH)–C–C–N with tert-alkyl or cyclic N) is 1. The molecular weight excluding hydrogens is 510 g/mol. The lowest BCUT2D eigenvalue weighted by Gasteiger charge is -2.39. The quantitative estimate of drug-likeness (QED) is 0.492. The highest BCUT2D eigenvalue weighted by Gasteiger charge is 2.42. The predicted molar refractivity (Wildman–Crippen MR) is 142 cm³/mol. The van der Waals surface area contributed by atoms with Crippen molar-refractivity contribution in [2.75, 3.05) is 39.3 Å². The lowest BCUT2D eigenvalue weighted by Crippen LogP contribution is -2.49. The first-order chi connectivity index (χ1) is 18.2. The summed E-state index contributed by atoms with van der Waals surface area (Å²) < 4.78 is 12.2. The molecule has 2 atom stereocenters. The SMILES string of the molecule is CC(=O)NC1CCN(C(=O)c2ccc(O)cc2OC[C@H](O)CN2CCC3(CC2)Cc2cc(Cl)ccc2O3)C1. The molecule has 3 heterocycles. The summed E-state index contributed by atoms with van der Waals surface area (Å²) in [6.07, 6.45) is 2.46. The molecule has 9 nitrogen and oxygen atoms in total. The smallest absolute Gasteiger partial charge is 0.257 e. The van der Waals surface area contributed by atoms with Crippen LogP contribution in [0.1, 0.15) is 42.1 Å². The maximum absolute atomic E-state index is 13.2. The topological polar surface area (TPSA) is 112 Å². The number of rotatable bonds is 7. The molecule has 3 aliphatic heterocycles. The summed E-state index contributed by atoms with van der Waals surface area (Å²) in [6.45, 7) is 4.40. The number of benzene rings is 2. The number of ether oxygens (including phenoxy) is 2. The molecule has 1 spiro atoms. The third-order valence-corrected chi connectivity index (χ3v) is 7.84. The van der Waals surface area contributed by atoms with Crippen molar-refractivity contribution in [2.45, 2.75) is 50.4 Å². The van der Waals surface area contributed by atoms with Gasteiger partial charge in [0, 0.05) is 76.0 Å². The molecule has 2 aromatic rings. The summed E-state index contributed by atoms with van der Waals surface area (Å²) in [4.78, 5) is 28.4. The molecule has 2 aromatic carbocycles. The van der Waals surface area contributed by atoms with Gasteiger partial charge < -0.3 is 34.8 Å². The highest BCUT2D eigenvalue weighted by molar-refractivity contribution is 6.30. The van der Waals surface area contributed by atoms with Crippen LogP contribution in [0.2, 0.25) is 5.02 Å². The van der Waals surface area contributed by atoms with Crippen LogP contribution in [0.25, 0.3) is 0 Å². The lowest BCUT2D eigenvalue weighted by atomic mass is 9.87. The summed E-state index contributed by atoms with van der Waals surface area (Å²) >= 11 is 6.14. The number of nitrogens with zero attached hydrogens (tertiary/aromatic N) is 2. The number of piperidine rings is 1. The van der Waals surface area contributed by atoms with E-state index in [1.807, 2.05) is 18.2 Å². The van der Waals surface area contributed by atoms with E-state index in [0.29, 0.717) is 31.6 Å². The van der Waals surface area contributed by atoms with Crippen molar-refractivity contribution in [3.8, 4) is 17.2 Å². The minimum Gasteiger partial charge on any atom is -0.508 e. The van der Waals surface area contributed by atoms with Crippen molar-refractivity contribution in [1.29, 1.82) is 0 Å². The van der Waals surface area contributed by atoms with Gasteiger partial charge in [0.25, 0.3) is 5.91 Å². The van der Waals surface area contributed by atoms with Crippen LogP contribution in [-0.4, -0.2) is 88.9 Å². The molecule has 2 saturated heterocycles. The molecule has 10 heteroatoms. The maximum Gasteiger partial charge on any atom is 0.257 e. The van der Waals surface area contributed by atoms with E-state index in [2.05, 4.69) is 10.2 Å². The number of aliphatic hydroxyl groups excluding tert-OH is 1. The van der Waals surface area contributed by atoms with Gasteiger partial charge in [-0.2, -0.15) is 0 Å². The van der Waals surface area contributed by atoms with Crippen molar-refractivity contribution in [1.82, 2.24) is 15.1 Å². The van der Waals surface area contributed by atoms with Gasteiger partial charge in [-0.25, -0.2) is 0 Å². The molecule has 1 unspecified atom stereocenters. The van der Waals surface area contributed by atoms with Crippen LogP contribution in [0.15, 0.2) is 36.4 Å². The molecule has 3 aliphatic rings. The Morgan fingerprint density at radius 3 is 2.76 bits per heavy atom. The van der Waals surface area contributed by atoms with Crippen LogP contribution in [0.4, 0.5) is 0 Å². The first-order valence-corrected chi connectivity index (χ1v) is 13.5. The molecule has 0 bridgehead atoms. The van der Waals surface area contributed by atoms with Gasteiger partial charge in [-0.15, -0.1) is 0 Å². The van der Waals surface area contributed by atoms with Crippen LogP contribution >= 0.6 is 11.6 Å². The first-order valence-electron chi connectivity index (χ1n) is 13.1. The van der Waals surface area contributed by atoms with E-state index in [1.54, 1.807) is 4.90 Å². The van der Waals surface area contributed by atoms with Gasteiger partial charge in [-0.3, -0.25) is 9.59 Å². The highest BCUT2D eigenvalue weighted by Crippen LogP contribution is 2.42. The second kappa shape index (κ2) is 11.0. The fourth-order valence-electron chi connectivity index (χ4n) is 5.69. The van der Waals surface area contributed by atoms with E-state index in [9.17, 15) is 19.8 Å². The molecule has 0 aromatic heterocycles. The number of carbonyl (C=O) groups is 2. The number of nitrogens with one attached hydrogen (secondary N) is 1. The Morgan fingerprint density at radius 1 is 1.21 bits per heavy atom. The third kappa shape index (κ3) is 6.00. The number of phenols is 1. The van der Waals surface area contributed by atoms with Gasteiger partial charge in [0.2, 0.25) is 5.91 Å². The Balaban J connectivity index is 1.13. The number of hydrogen-bond acceptors (Lipinski definition) is 7. The number of fused-ring (bicyclic) bond motifs is 1. The zero-order valence-corrected chi connectivity index (χ0v) is 22.2. The fourth-order valence-corrected chi connectivity index (χ4v) is 5.88. The zero-order chi connectivity index (χ0) is 26.9. The van der Waals surface area contributed by atoms with Gasteiger partial charge >= 0.3 is 0 Å². The molecule has 204 valence electrons. The van der Waals surface area contributed by atoms with Crippen molar-refractivity contribution >= 4 is 23.4 Å². The van der Waals surface area contributed by atoms with Crippen LogP contribution in [-0.2, 0) is 11.2 Å². The number of amides is 2. The molecule has 2 fully saturated rings. The maximum atomic E-state index is 13.2. The predicted octanol–water partition coefficient (Wildman–Crippen LogP) is 2.61. The van der Waals surface area contributed by atoms with Crippen molar-refractivity contribution in [2.24, 2.45) is 0 Å². The Labute approximate surface area is 227 Å². The molecule has 0 saturated carbocycles. The van der Waals surface area contributed by atoms with Crippen LogP contribution in [0.5, 0.6) is 17.2 Å². The Bertz CT molecular complexity index is 1200. The monoisotopic (exact) mass is 543 g/mol. The molecule has 5 rings (SSSR count). The fraction of sp³-hybridized carbons (Fsp3) is 0.500. The van der Waals surface area contributed by atoms with E-state index in [0.717, 1.165) is 48.7 Å². The van der Waals surface area contributed by atoms with Gasteiger partial charge in [-0.1, -0.05) is 11.6 Å². The Morgan fingerprint density at radius 2 is 2.00 bits per heavy atom. The molecular formula is C28H34ClN3O6. The summed E-state index contributed by atoms with van der Waals surface area (Å²) in [5.74, 6) is 0.755. The number of aromatic hydroxyl groups is 1. The van der Waals surface area contributed by atoms with E-state index >= 15 is 0 Å². The standard InChI is InChI=1S/C28H34ClN3O6/c1-18(33)30-21-6-9-32(15-21)27(36)24-4-3-22(34)13-26(24)37-17-23(35)16-31-10-7-28(8-11-31)14-19-12-20(29)2-5-25(19)38-28/h2-5,12-13,21,23,34-35H,6-11,14-17H2,1H3,(H,30,33)/t21?,23-/m1/s1. The number of likely N-dealkylation sites (tertiary alicyclic amines) is 2. The van der Waals surface area contributed by atoms with Crippen LogP contribution < -0.4 is 14.8 Å². The van der Waals surface area contributed by atoms with E-state index < -0.39 is 6.10 Å². The second-order valence-corrected chi connectivity index (χ2v) is 11.0. The van der Waals surface area contributed by atoms with Gasteiger partial charge in [0.1, 0.15) is 35.6 Å². The Hall–Kier alpha value is -3.01. The third-order valence-electron chi connectivity index (χ3n) is 7.61. The van der Waals surface area contributed by atoms with Crippen LogP contribution in [0.3, 0.4) is 0 Å². The first kappa shape index (κ1) is 26.6. The average Bonchev–Trinajstić information content (AvgIpc) is 3.47. The molecule has 0 aliphatic carbocycles. The van der Waals surface area contributed by atoms with Crippen molar-refractivity contribution in [3.63, 3.8) is 0 Å². The minimum atomic E-state index is -0.772. The lowest BCUT2D eigenvalue weighted by molar-refractivity contribution is -0.119. The minimum absolute atomic E-state index is 0.0136. The van der Waals surface area contributed by atoms with Crippen molar-refractivity contribution < 1.29 is 29.3 Å². The summed E-state index contributed by atoms with van der Waals surface area (Å²) in [6, 6.07) is 10.1. The summed E-state index contributed by atoms with van der Waals surface area (Å²) in [7, 11) is 0. The second-order valence-electron chi connectivity index (χ2n) is 10.6. The number of carbonyl (C=O) groups excluding carboxylic acids is 2. The molecule has 2 amide bonds. The molecule has 38 heavy (non-hydrogen) atoms. The van der Waals surface area contributed by atoms with Gasteiger partial charge in [0.05, 0.1) is 5.56 Å². The highest BCUT2D eigenvalue weighted by atomic mass is 35.5. The Kier molecular flexibility index (Phi) is 7.70. The van der Waals surface area contributed by atoms with E-state index in [4.69, 9.17) is 21.1 Å². The van der Waals surface area contributed by atoms with Gasteiger partial charge in [-0.05, 0) is 42.3 Å².